The molecule has 43 heavy (non-hydrogen) atoms. The first-order valence-corrected chi connectivity index (χ1v) is 14.7. The molecule has 3 aliphatic rings. The fraction of sp³-hybridized carbons (Fsp3) is 0.353. The number of amides is 1. The number of hydrogen-bond donors (Lipinski definition) is 2. The van der Waals surface area contributed by atoms with Gasteiger partial charge in [0.1, 0.15) is 0 Å². The van der Waals surface area contributed by atoms with Crippen molar-refractivity contribution in [2.24, 2.45) is 16.3 Å². The molecule has 3 fully saturated rings. The lowest BCUT2D eigenvalue weighted by molar-refractivity contribution is -0.150. The van der Waals surface area contributed by atoms with Gasteiger partial charge in [-0.1, -0.05) is 78.9 Å². The molecule has 6 unspecified atom stereocenters. The molecule has 2 aliphatic carbocycles. The summed E-state index contributed by atoms with van der Waals surface area (Å²) in [5.41, 5.74) is 2.57. The highest BCUT2D eigenvalue weighted by atomic mass is 18.2. The van der Waals surface area contributed by atoms with Gasteiger partial charge in [-0.15, -0.1) is 0 Å². The fourth-order valence-corrected chi connectivity index (χ4v) is 7.00. The van der Waals surface area contributed by atoms with Crippen LogP contribution in [0.5, 0.6) is 0 Å². The number of nitrogens with zero attached hydrogens (tertiary/aromatic N) is 2. The monoisotopic (exact) mass is 582 g/mol. The third-order valence-electron chi connectivity index (χ3n) is 9.22. The number of carbonyl (C=O) groups excluding carboxylic acids is 2. The van der Waals surface area contributed by atoms with E-state index in [2.05, 4.69) is 27.3 Å². The van der Waals surface area contributed by atoms with E-state index in [1.807, 2.05) is 24.3 Å². The molecule has 9 heteroatoms. The minimum absolute atomic E-state index is 0.0176. The van der Waals surface area contributed by atoms with E-state index in [4.69, 9.17) is 4.74 Å². The van der Waals surface area contributed by atoms with Gasteiger partial charge < -0.3 is 15.2 Å². The van der Waals surface area contributed by atoms with E-state index in [0.29, 0.717) is 22.7 Å². The average molecular weight is 583 g/mol. The highest BCUT2D eigenvalue weighted by molar-refractivity contribution is 6.18. The highest BCUT2D eigenvalue weighted by Gasteiger charge is 2.92. The summed E-state index contributed by atoms with van der Waals surface area (Å²) in [5.74, 6) is -2.21. The van der Waals surface area contributed by atoms with Crippen molar-refractivity contribution in [3.05, 3.63) is 102 Å². The van der Waals surface area contributed by atoms with Crippen LogP contribution in [-0.2, 0) is 25.7 Å². The zero-order valence-corrected chi connectivity index (χ0v) is 23.9. The maximum Gasteiger partial charge on any atom is 0.340 e. The number of aliphatic imine (C=N–C) groups is 1. The molecule has 1 spiro atoms. The molecule has 1 amide bonds. The number of nitrogens with one attached hydrogen (secondary N) is 1. The number of halogens is 1. The molecule has 6 rings (SSSR count). The number of carboxylic acid groups (broad SMARTS) is 1. The normalized spacial score (nSPS) is 26.4. The van der Waals surface area contributed by atoms with Crippen LogP contribution in [0.4, 0.5) is 10.1 Å². The molecular weight excluding hydrogens is 548 g/mol. The molecule has 1 aliphatic heterocycles. The molecule has 0 bridgehead atoms. The zero-order valence-electron chi connectivity index (χ0n) is 23.9. The first-order chi connectivity index (χ1) is 20.8. The number of ether oxygens (including phenoxy) is 1. The summed E-state index contributed by atoms with van der Waals surface area (Å²) in [4.78, 5) is 45.0. The van der Waals surface area contributed by atoms with Crippen LogP contribution >= 0.6 is 0 Å². The van der Waals surface area contributed by atoms with E-state index in [0.717, 1.165) is 25.9 Å². The molecule has 1 saturated heterocycles. The van der Waals surface area contributed by atoms with Gasteiger partial charge in [0.05, 0.1) is 29.0 Å². The van der Waals surface area contributed by atoms with Crippen molar-refractivity contribution in [3.63, 3.8) is 0 Å². The van der Waals surface area contributed by atoms with Gasteiger partial charge in [-0.25, -0.2) is 14.0 Å². The van der Waals surface area contributed by atoms with E-state index in [-0.39, 0.29) is 23.8 Å². The Hall–Kier alpha value is -4.37. The standard InChI is InChI=1S/C34H34FN3O5/c1-2-43-31(41)25(35)19-27(30(39)40)36-29(23-13-7-4-8-14-23)24-15-9-10-16-26(24)37-32(42)33-18-17-28(33)34(33)21-38(34)20-22-11-5-3-6-12-22/h3-16,25,27-28H,2,17-21H2,1H3,(H,37,42)(H,39,40)/i35-1. The number of para-hydroxylation sites is 1. The molecule has 0 radical (unpaired) electrons. The molecule has 222 valence electrons. The Morgan fingerprint density at radius 2 is 1.72 bits per heavy atom. The third-order valence-corrected chi connectivity index (χ3v) is 9.22. The van der Waals surface area contributed by atoms with Gasteiger partial charge in [0.15, 0.2) is 12.2 Å². The maximum atomic E-state index is 14.7. The van der Waals surface area contributed by atoms with E-state index in [1.54, 1.807) is 55.5 Å². The minimum atomic E-state index is -2.14. The molecule has 6 atom stereocenters. The first kappa shape index (κ1) is 28.7. The second kappa shape index (κ2) is 11.4. The summed E-state index contributed by atoms with van der Waals surface area (Å²) in [6.07, 6.45) is -0.982. The van der Waals surface area contributed by atoms with Crippen molar-refractivity contribution in [1.29, 1.82) is 0 Å². The van der Waals surface area contributed by atoms with E-state index < -0.39 is 36.0 Å². The van der Waals surface area contributed by atoms with Crippen LogP contribution in [0.2, 0.25) is 0 Å². The Bertz CT molecular complexity index is 1560. The van der Waals surface area contributed by atoms with Gasteiger partial charge in [-0.2, -0.15) is 0 Å². The Morgan fingerprint density at radius 3 is 2.37 bits per heavy atom. The summed E-state index contributed by atoms with van der Waals surface area (Å²) >= 11 is 0. The van der Waals surface area contributed by atoms with Crippen LogP contribution in [0.3, 0.4) is 0 Å². The number of anilines is 1. The molecule has 0 aromatic heterocycles. The topological polar surface area (TPSA) is 108 Å². The van der Waals surface area contributed by atoms with Gasteiger partial charge >= 0.3 is 11.9 Å². The Kier molecular flexibility index (Phi) is 7.60. The Balaban J connectivity index is 1.28. The number of alkyl halides is 1. The number of aliphatic carboxylic acids is 1. The van der Waals surface area contributed by atoms with Crippen molar-refractivity contribution in [2.75, 3.05) is 18.5 Å². The minimum Gasteiger partial charge on any atom is -0.480 e. The smallest absolute Gasteiger partial charge is 0.340 e. The van der Waals surface area contributed by atoms with E-state index >= 15 is 0 Å². The van der Waals surface area contributed by atoms with Gasteiger partial charge in [0, 0.05) is 30.6 Å². The SMILES string of the molecule is CCOC(=O)C([18F])CC(N=C(c1ccccc1)c1ccccc1NC(=O)C12CCC1C21CN1Cc1ccccc1)C(=O)O. The van der Waals surface area contributed by atoms with Crippen molar-refractivity contribution < 1.29 is 28.6 Å². The number of fused-ring (bicyclic) bond motifs is 3. The highest BCUT2D eigenvalue weighted by Crippen LogP contribution is 2.83. The van der Waals surface area contributed by atoms with Crippen molar-refractivity contribution in [2.45, 2.75) is 50.5 Å². The number of esters is 1. The van der Waals surface area contributed by atoms with Crippen LogP contribution in [0.15, 0.2) is 89.9 Å². The third kappa shape index (κ3) is 5.01. The molecule has 3 aromatic rings. The van der Waals surface area contributed by atoms with Crippen LogP contribution in [0.25, 0.3) is 0 Å². The molecule has 1 heterocycles. The van der Waals surface area contributed by atoms with Crippen molar-refractivity contribution in [3.8, 4) is 0 Å². The maximum absolute atomic E-state index is 14.7. The number of carboxylic acids is 1. The summed E-state index contributed by atoms with van der Waals surface area (Å²) < 4.78 is 19.4. The number of rotatable bonds is 12. The summed E-state index contributed by atoms with van der Waals surface area (Å²) in [6, 6.07) is 24.8. The second-order valence-corrected chi connectivity index (χ2v) is 11.5. The van der Waals surface area contributed by atoms with Crippen LogP contribution in [-0.4, -0.2) is 64.5 Å². The number of carbonyl (C=O) groups is 3. The lowest BCUT2D eigenvalue weighted by Gasteiger charge is -2.25. The number of benzene rings is 3. The second-order valence-electron chi connectivity index (χ2n) is 11.5. The molecular formula is C34H34FN3O5. The predicted molar refractivity (Wildman–Crippen MR) is 159 cm³/mol. The van der Waals surface area contributed by atoms with Gasteiger partial charge in [-0.3, -0.25) is 14.7 Å². The first-order valence-electron chi connectivity index (χ1n) is 14.7. The van der Waals surface area contributed by atoms with Gasteiger partial charge in [0.2, 0.25) is 5.91 Å². The van der Waals surface area contributed by atoms with E-state index in [9.17, 15) is 23.9 Å². The van der Waals surface area contributed by atoms with Gasteiger partial charge in [0.25, 0.3) is 0 Å². The molecule has 2 N–H and O–H groups in total. The Labute approximate surface area is 249 Å². The van der Waals surface area contributed by atoms with Crippen molar-refractivity contribution in [1.82, 2.24) is 4.90 Å². The van der Waals surface area contributed by atoms with E-state index in [1.165, 1.54) is 5.56 Å². The zero-order chi connectivity index (χ0) is 30.2. The van der Waals surface area contributed by atoms with Crippen molar-refractivity contribution >= 4 is 29.2 Å². The average Bonchev–Trinajstić information content (AvgIpc) is 3.79. The summed E-state index contributed by atoms with van der Waals surface area (Å²) in [5, 5.41) is 13.1. The van der Waals surface area contributed by atoms with Gasteiger partial charge in [-0.05, 0) is 37.3 Å². The molecule has 8 nitrogen and oxygen atoms in total. The Morgan fingerprint density at radius 1 is 1.05 bits per heavy atom. The van der Waals surface area contributed by atoms with Crippen LogP contribution < -0.4 is 5.32 Å². The predicted octanol–water partition coefficient (Wildman–Crippen LogP) is 4.87. The van der Waals surface area contributed by atoms with Crippen LogP contribution in [0, 0.1) is 11.3 Å². The summed E-state index contributed by atoms with van der Waals surface area (Å²) in [6.45, 7) is 3.24. The number of hydrogen-bond acceptors (Lipinski definition) is 6. The lowest BCUT2D eigenvalue weighted by Crippen LogP contribution is -2.34. The fourth-order valence-electron chi connectivity index (χ4n) is 7.00. The largest absolute Gasteiger partial charge is 0.480 e. The molecule has 3 aromatic carbocycles. The molecule has 2 saturated carbocycles. The quantitative estimate of drug-likeness (QED) is 0.179. The summed E-state index contributed by atoms with van der Waals surface area (Å²) in [7, 11) is 0. The lowest BCUT2D eigenvalue weighted by atomic mass is 9.83. The van der Waals surface area contributed by atoms with Crippen LogP contribution in [0.1, 0.15) is 42.9 Å².